The Morgan fingerprint density at radius 2 is 2.23 bits per heavy atom. The van der Waals surface area contributed by atoms with Gasteiger partial charge in [-0.3, -0.25) is 0 Å². The second-order valence-corrected chi connectivity index (χ2v) is 3.88. The molecule has 0 aliphatic carbocycles. The molecule has 3 N–H and O–H groups in total. The first-order valence-electron chi connectivity index (χ1n) is 4.52. The highest BCUT2D eigenvalue weighted by Crippen LogP contribution is 2.28. The standard InChI is InChI=1S/C9H16N2OS/c1-3-9(12,4-2)8(10)7-5-6-13-11-7/h5-6,8,12H,3-4,10H2,1-2H3. The molecular weight excluding hydrogens is 184 g/mol. The van der Waals surface area contributed by atoms with E-state index in [1.807, 2.05) is 25.3 Å². The summed E-state index contributed by atoms with van der Waals surface area (Å²) in [6.45, 7) is 3.88. The van der Waals surface area contributed by atoms with E-state index >= 15 is 0 Å². The van der Waals surface area contributed by atoms with Crippen molar-refractivity contribution in [3.63, 3.8) is 0 Å². The fraction of sp³-hybridized carbons (Fsp3) is 0.667. The molecule has 13 heavy (non-hydrogen) atoms. The lowest BCUT2D eigenvalue weighted by Crippen LogP contribution is -2.40. The molecule has 1 aromatic heterocycles. The third-order valence-electron chi connectivity index (χ3n) is 2.58. The average molecular weight is 200 g/mol. The van der Waals surface area contributed by atoms with E-state index in [1.54, 1.807) is 0 Å². The molecule has 1 aromatic rings. The molecule has 74 valence electrons. The average Bonchev–Trinajstić information content (AvgIpc) is 2.68. The largest absolute Gasteiger partial charge is 0.388 e. The van der Waals surface area contributed by atoms with Crippen LogP contribution in [0.15, 0.2) is 11.4 Å². The number of hydrogen-bond donors (Lipinski definition) is 2. The second kappa shape index (κ2) is 4.17. The fourth-order valence-corrected chi connectivity index (χ4v) is 1.90. The molecule has 1 atom stereocenters. The molecular formula is C9H16N2OS. The molecule has 1 unspecified atom stereocenters. The maximum atomic E-state index is 10.1. The molecule has 1 rings (SSSR count). The predicted molar refractivity (Wildman–Crippen MR) is 54.6 cm³/mol. The number of aromatic nitrogens is 1. The summed E-state index contributed by atoms with van der Waals surface area (Å²) in [7, 11) is 0. The first kappa shape index (κ1) is 10.6. The number of hydrogen-bond acceptors (Lipinski definition) is 4. The summed E-state index contributed by atoms with van der Waals surface area (Å²) in [6.07, 6.45) is 1.31. The Kier molecular flexibility index (Phi) is 3.41. The van der Waals surface area contributed by atoms with E-state index in [0.717, 1.165) is 5.69 Å². The molecule has 0 amide bonds. The summed E-state index contributed by atoms with van der Waals surface area (Å²) >= 11 is 1.36. The zero-order valence-electron chi connectivity index (χ0n) is 8.03. The van der Waals surface area contributed by atoms with Gasteiger partial charge in [-0.1, -0.05) is 13.8 Å². The molecule has 0 aliphatic rings. The highest BCUT2D eigenvalue weighted by atomic mass is 32.1. The Labute approximate surface area is 82.8 Å². The van der Waals surface area contributed by atoms with E-state index in [2.05, 4.69) is 4.37 Å². The molecule has 0 saturated carbocycles. The van der Waals surface area contributed by atoms with E-state index < -0.39 is 5.60 Å². The summed E-state index contributed by atoms with van der Waals surface area (Å²) in [5, 5.41) is 12.0. The van der Waals surface area contributed by atoms with Crippen LogP contribution in [0.2, 0.25) is 0 Å². The smallest absolute Gasteiger partial charge is 0.0850 e. The van der Waals surface area contributed by atoms with E-state index in [9.17, 15) is 5.11 Å². The third kappa shape index (κ3) is 2.07. The van der Waals surface area contributed by atoms with Gasteiger partial charge < -0.3 is 10.8 Å². The van der Waals surface area contributed by atoms with Gasteiger partial charge in [0.1, 0.15) is 0 Å². The predicted octanol–water partition coefficient (Wildman–Crippen LogP) is 1.69. The Morgan fingerprint density at radius 3 is 2.62 bits per heavy atom. The molecule has 0 saturated heterocycles. The zero-order valence-corrected chi connectivity index (χ0v) is 8.84. The summed E-state index contributed by atoms with van der Waals surface area (Å²) in [5.41, 5.74) is 5.91. The van der Waals surface area contributed by atoms with Gasteiger partial charge in [0.25, 0.3) is 0 Å². The first-order valence-corrected chi connectivity index (χ1v) is 5.36. The topological polar surface area (TPSA) is 59.1 Å². The highest BCUT2D eigenvalue weighted by molar-refractivity contribution is 7.03. The number of aliphatic hydroxyl groups is 1. The lowest BCUT2D eigenvalue weighted by Gasteiger charge is -2.30. The molecule has 0 aliphatic heterocycles. The van der Waals surface area contributed by atoms with Gasteiger partial charge >= 0.3 is 0 Å². The van der Waals surface area contributed by atoms with Crippen LogP contribution in [0.1, 0.15) is 38.4 Å². The summed E-state index contributed by atoms with van der Waals surface area (Å²) in [6, 6.07) is 1.50. The summed E-state index contributed by atoms with van der Waals surface area (Å²) in [5.74, 6) is 0. The van der Waals surface area contributed by atoms with Gasteiger partial charge in [0.2, 0.25) is 0 Å². The molecule has 0 bridgehead atoms. The number of nitrogens with two attached hydrogens (primary N) is 1. The SMILES string of the molecule is CCC(O)(CC)C(N)c1ccsn1. The number of nitrogens with zero attached hydrogens (tertiary/aromatic N) is 1. The molecule has 4 heteroatoms. The molecule has 0 spiro atoms. The lowest BCUT2D eigenvalue weighted by atomic mass is 9.87. The van der Waals surface area contributed by atoms with Crippen LogP contribution in [0.4, 0.5) is 0 Å². The maximum Gasteiger partial charge on any atom is 0.0850 e. The van der Waals surface area contributed by atoms with E-state index in [4.69, 9.17) is 5.73 Å². The van der Waals surface area contributed by atoms with Gasteiger partial charge in [0.15, 0.2) is 0 Å². The zero-order chi connectivity index (χ0) is 9.90. The monoisotopic (exact) mass is 200 g/mol. The fourth-order valence-electron chi connectivity index (χ4n) is 1.35. The van der Waals surface area contributed by atoms with Gasteiger partial charge in [0.05, 0.1) is 17.3 Å². The number of rotatable bonds is 4. The Hall–Kier alpha value is -0.450. The Balaban J connectivity index is 2.82. The quantitative estimate of drug-likeness (QED) is 0.777. The van der Waals surface area contributed by atoms with Crippen LogP contribution in [0, 0.1) is 0 Å². The van der Waals surface area contributed by atoms with Gasteiger partial charge in [-0.25, -0.2) is 0 Å². The van der Waals surface area contributed by atoms with E-state index in [-0.39, 0.29) is 6.04 Å². The Morgan fingerprint density at radius 1 is 1.62 bits per heavy atom. The molecule has 0 aromatic carbocycles. The van der Waals surface area contributed by atoms with Crippen molar-refractivity contribution >= 4 is 11.5 Å². The summed E-state index contributed by atoms with van der Waals surface area (Å²) in [4.78, 5) is 0. The maximum absolute atomic E-state index is 10.1. The van der Waals surface area contributed by atoms with Gasteiger partial charge in [-0.05, 0) is 30.4 Å². The van der Waals surface area contributed by atoms with Crippen LogP contribution in [-0.2, 0) is 0 Å². The van der Waals surface area contributed by atoms with E-state index in [0.29, 0.717) is 12.8 Å². The van der Waals surface area contributed by atoms with Gasteiger partial charge in [0, 0.05) is 5.38 Å². The van der Waals surface area contributed by atoms with Gasteiger partial charge in [-0.2, -0.15) is 4.37 Å². The van der Waals surface area contributed by atoms with Gasteiger partial charge in [-0.15, -0.1) is 0 Å². The molecule has 0 radical (unpaired) electrons. The van der Waals surface area contributed by atoms with Crippen LogP contribution in [0.3, 0.4) is 0 Å². The van der Waals surface area contributed by atoms with Crippen LogP contribution < -0.4 is 5.73 Å². The molecule has 1 heterocycles. The van der Waals surface area contributed by atoms with Crippen molar-refractivity contribution in [1.82, 2.24) is 4.37 Å². The van der Waals surface area contributed by atoms with Crippen molar-refractivity contribution in [2.75, 3.05) is 0 Å². The lowest BCUT2D eigenvalue weighted by molar-refractivity contribution is 0.00474. The van der Waals surface area contributed by atoms with Crippen molar-refractivity contribution in [2.24, 2.45) is 5.73 Å². The van der Waals surface area contributed by atoms with Crippen molar-refractivity contribution in [3.05, 3.63) is 17.1 Å². The van der Waals surface area contributed by atoms with Crippen molar-refractivity contribution in [1.29, 1.82) is 0 Å². The third-order valence-corrected chi connectivity index (χ3v) is 3.15. The minimum absolute atomic E-state index is 0.367. The first-order chi connectivity index (χ1) is 6.14. The van der Waals surface area contributed by atoms with Crippen molar-refractivity contribution in [2.45, 2.75) is 38.3 Å². The van der Waals surface area contributed by atoms with Crippen LogP contribution >= 0.6 is 11.5 Å². The van der Waals surface area contributed by atoms with Crippen LogP contribution in [0.5, 0.6) is 0 Å². The normalized spacial score (nSPS) is 14.5. The van der Waals surface area contributed by atoms with E-state index in [1.165, 1.54) is 11.5 Å². The van der Waals surface area contributed by atoms with Crippen molar-refractivity contribution in [3.8, 4) is 0 Å². The summed E-state index contributed by atoms with van der Waals surface area (Å²) < 4.78 is 4.13. The minimum atomic E-state index is -0.811. The molecule has 0 fully saturated rings. The minimum Gasteiger partial charge on any atom is -0.388 e. The van der Waals surface area contributed by atoms with Crippen molar-refractivity contribution < 1.29 is 5.11 Å². The van der Waals surface area contributed by atoms with Crippen LogP contribution in [0.25, 0.3) is 0 Å². The highest BCUT2D eigenvalue weighted by Gasteiger charge is 2.32. The molecule has 3 nitrogen and oxygen atoms in total. The van der Waals surface area contributed by atoms with Crippen LogP contribution in [-0.4, -0.2) is 15.1 Å². The Bertz CT molecular complexity index is 244. The second-order valence-electron chi connectivity index (χ2n) is 3.21.